The van der Waals surface area contributed by atoms with E-state index in [1.165, 1.54) is 40.6 Å². The monoisotopic (exact) mass is 343 g/mol. The predicted molar refractivity (Wildman–Crippen MR) is 85.8 cm³/mol. The lowest BCUT2D eigenvalue weighted by molar-refractivity contribution is 0.199. The minimum Gasteiger partial charge on any atom is -0.383 e. The normalized spacial score (nSPS) is 16.1. The van der Waals surface area contributed by atoms with E-state index >= 15 is 0 Å². The molecule has 1 fully saturated rings. The van der Waals surface area contributed by atoms with Gasteiger partial charge in [0.2, 0.25) is 0 Å². The van der Waals surface area contributed by atoms with Crippen LogP contribution in [0.2, 0.25) is 0 Å². The molecule has 0 saturated heterocycles. The van der Waals surface area contributed by atoms with E-state index in [0.29, 0.717) is 0 Å². The standard InChI is InChI=1S/C15H22BrNOS/c1-18-9-8-17-11-12-6-7-13(16)10-15(12)19-14-4-2-3-5-14/h6-7,10,14,17H,2-5,8-9,11H2,1H3. The van der Waals surface area contributed by atoms with E-state index in [1.807, 2.05) is 0 Å². The third-order valence-corrected chi connectivity index (χ3v) is 5.36. The summed E-state index contributed by atoms with van der Waals surface area (Å²) in [5.41, 5.74) is 1.40. The summed E-state index contributed by atoms with van der Waals surface area (Å²) in [6.07, 6.45) is 5.53. The Morgan fingerprint density at radius 1 is 1.37 bits per heavy atom. The van der Waals surface area contributed by atoms with Crippen molar-refractivity contribution in [1.29, 1.82) is 0 Å². The molecule has 0 aromatic heterocycles. The summed E-state index contributed by atoms with van der Waals surface area (Å²) in [6, 6.07) is 6.61. The molecule has 0 bridgehead atoms. The largest absolute Gasteiger partial charge is 0.383 e. The van der Waals surface area contributed by atoms with Gasteiger partial charge in [0.15, 0.2) is 0 Å². The van der Waals surface area contributed by atoms with Crippen molar-refractivity contribution in [2.45, 2.75) is 42.4 Å². The van der Waals surface area contributed by atoms with Gasteiger partial charge in [0.1, 0.15) is 0 Å². The zero-order chi connectivity index (χ0) is 13.5. The molecule has 2 rings (SSSR count). The second-order valence-electron chi connectivity index (χ2n) is 4.95. The number of hydrogen-bond donors (Lipinski definition) is 1. The van der Waals surface area contributed by atoms with Crippen LogP contribution in [-0.4, -0.2) is 25.5 Å². The second-order valence-corrected chi connectivity index (χ2v) is 7.20. The Morgan fingerprint density at radius 2 is 2.16 bits per heavy atom. The highest BCUT2D eigenvalue weighted by Gasteiger charge is 2.17. The van der Waals surface area contributed by atoms with E-state index in [-0.39, 0.29) is 0 Å². The summed E-state index contributed by atoms with van der Waals surface area (Å²) in [4.78, 5) is 1.42. The fraction of sp³-hybridized carbons (Fsp3) is 0.600. The van der Waals surface area contributed by atoms with Gasteiger partial charge in [0, 0.05) is 34.8 Å². The maximum atomic E-state index is 5.06. The number of thioether (sulfide) groups is 1. The molecule has 1 aliphatic carbocycles. The van der Waals surface area contributed by atoms with Crippen molar-refractivity contribution in [2.24, 2.45) is 0 Å². The topological polar surface area (TPSA) is 21.3 Å². The highest BCUT2D eigenvalue weighted by molar-refractivity contribution is 9.10. The van der Waals surface area contributed by atoms with Crippen molar-refractivity contribution in [1.82, 2.24) is 5.32 Å². The maximum absolute atomic E-state index is 5.06. The molecule has 1 aliphatic rings. The van der Waals surface area contributed by atoms with Gasteiger partial charge in [-0.1, -0.05) is 34.8 Å². The first-order valence-corrected chi connectivity index (χ1v) is 8.61. The number of rotatable bonds is 7. The van der Waals surface area contributed by atoms with Crippen molar-refractivity contribution in [3.8, 4) is 0 Å². The molecule has 1 aromatic carbocycles. The third-order valence-electron chi connectivity index (χ3n) is 3.42. The molecule has 2 nitrogen and oxygen atoms in total. The van der Waals surface area contributed by atoms with Gasteiger partial charge in [0.05, 0.1) is 6.61 Å². The number of benzene rings is 1. The summed E-state index contributed by atoms with van der Waals surface area (Å²) in [5.74, 6) is 0. The summed E-state index contributed by atoms with van der Waals surface area (Å²) in [5, 5.41) is 4.25. The molecule has 0 atom stereocenters. The Balaban J connectivity index is 1.95. The number of ether oxygens (including phenoxy) is 1. The summed E-state index contributed by atoms with van der Waals surface area (Å²) in [7, 11) is 1.74. The van der Waals surface area contributed by atoms with Gasteiger partial charge in [-0.15, -0.1) is 11.8 Å². The number of methoxy groups -OCH3 is 1. The van der Waals surface area contributed by atoms with E-state index in [0.717, 1.165) is 24.9 Å². The molecule has 0 amide bonds. The third kappa shape index (κ3) is 5.10. The fourth-order valence-corrected chi connectivity index (χ4v) is 4.29. The number of halogens is 1. The Morgan fingerprint density at radius 3 is 2.89 bits per heavy atom. The zero-order valence-corrected chi connectivity index (χ0v) is 13.9. The van der Waals surface area contributed by atoms with Crippen molar-refractivity contribution >= 4 is 27.7 Å². The van der Waals surface area contributed by atoms with Crippen molar-refractivity contribution in [3.05, 3.63) is 28.2 Å². The lowest BCUT2D eigenvalue weighted by Crippen LogP contribution is -2.19. The quantitative estimate of drug-likeness (QED) is 0.749. The van der Waals surface area contributed by atoms with Crippen LogP contribution in [-0.2, 0) is 11.3 Å². The Kier molecular flexibility index (Phi) is 6.71. The van der Waals surface area contributed by atoms with Crippen LogP contribution in [0.15, 0.2) is 27.6 Å². The maximum Gasteiger partial charge on any atom is 0.0587 e. The van der Waals surface area contributed by atoms with Gasteiger partial charge in [-0.25, -0.2) is 0 Å². The second kappa shape index (κ2) is 8.30. The van der Waals surface area contributed by atoms with Crippen LogP contribution >= 0.6 is 27.7 Å². The van der Waals surface area contributed by atoms with Crippen LogP contribution in [0.25, 0.3) is 0 Å². The van der Waals surface area contributed by atoms with E-state index in [1.54, 1.807) is 7.11 Å². The molecule has 1 saturated carbocycles. The van der Waals surface area contributed by atoms with Crippen LogP contribution < -0.4 is 5.32 Å². The Hall–Kier alpha value is -0.0300. The fourth-order valence-electron chi connectivity index (χ4n) is 2.37. The molecule has 106 valence electrons. The smallest absolute Gasteiger partial charge is 0.0587 e. The van der Waals surface area contributed by atoms with Gasteiger partial charge in [-0.3, -0.25) is 0 Å². The first-order valence-electron chi connectivity index (χ1n) is 6.94. The molecule has 19 heavy (non-hydrogen) atoms. The van der Waals surface area contributed by atoms with Crippen LogP contribution in [0.4, 0.5) is 0 Å². The predicted octanol–water partition coefficient (Wildman–Crippen LogP) is 4.22. The number of nitrogens with one attached hydrogen (secondary N) is 1. The Labute approximate surface area is 128 Å². The first kappa shape index (κ1) is 15.4. The molecule has 0 spiro atoms. The van der Waals surface area contributed by atoms with E-state index < -0.39 is 0 Å². The highest BCUT2D eigenvalue weighted by Crippen LogP contribution is 2.37. The van der Waals surface area contributed by atoms with Gasteiger partial charge in [0.25, 0.3) is 0 Å². The van der Waals surface area contributed by atoms with Gasteiger partial charge < -0.3 is 10.1 Å². The lowest BCUT2D eigenvalue weighted by Gasteiger charge is -2.14. The lowest BCUT2D eigenvalue weighted by atomic mass is 10.2. The molecular formula is C15H22BrNOS. The molecule has 0 unspecified atom stereocenters. The minimum atomic E-state index is 0.766. The summed E-state index contributed by atoms with van der Waals surface area (Å²) >= 11 is 5.64. The average Bonchev–Trinajstić information content (AvgIpc) is 2.90. The van der Waals surface area contributed by atoms with Gasteiger partial charge in [-0.05, 0) is 30.5 Å². The molecule has 0 radical (unpaired) electrons. The van der Waals surface area contributed by atoms with Crippen molar-refractivity contribution < 1.29 is 4.74 Å². The Bertz CT molecular complexity index is 394. The van der Waals surface area contributed by atoms with Crippen LogP contribution in [0.5, 0.6) is 0 Å². The highest BCUT2D eigenvalue weighted by atomic mass is 79.9. The van der Waals surface area contributed by atoms with Gasteiger partial charge >= 0.3 is 0 Å². The first-order chi connectivity index (χ1) is 9.29. The summed E-state index contributed by atoms with van der Waals surface area (Å²) in [6.45, 7) is 2.59. The SMILES string of the molecule is COCCNCc1ccc(Br)cc1SC1CCCC1. The van der Waals surface area contributed by atoms with Crippen LogP contribution in [0, 0.1) is 0 Å². The average molecular weight is 344 g/mol. The molecular weight excluding hydrogens is 322 g/mol. The van der Waals surface area contributed by atoms with Crippen molar-refractivity contribution in [3.63, 3.8) is 0 Å². The van der Waals surface area contributed by atoms with Crippen LogP contribution in [0.3, 0.4) is 0 Å². The molecule has 1 N–H and O–H groups in total. The van der Waals surface area contributed by atoms with E-state index in [4.69, 9.17) is 4.74 Å². The minimum absolute atomic E-state index is 0.766. The molecule has 0 aliphatic heterocycles. The molecule has 4 heteroatoms. The van der Waals surface area contributed by atoms with Crippen molar-refractivity contribution in [2.75, 3.05) is 20.3 Å². The van der Waals surface area contributed by atoms with E-state index in [2.05, 4.69) is 51.2 Å². The summed E-state index contributed by atoms with van der Waals surface area (Å²) < 4.78 is 6.24. The molecule has 0 heterocycles. The van der Waals surface area contributed by atoms with Crippen LogP contribution in [0.1, 0.15) is 31.2 Å². The van der Waals surface area contributed by atoms with E-state index in [9.17, 15) is 0 Å². The molecule has 1 aromatic rings. The zero-order valence-electron chi connectivity index (χ0n) is 11.5. The van der Waals surface area contributed by atoms with Gasteiger partial charge in [-0.2, -0.15) is 0 Å². The number of hydrogen-bond acceptors (Lipinski definition) is 3.